The van der Waals surface area contributed by atoms with Crippen molar-refractivity contribution in [3.8, 4) is 0 Å². The third-order valence-corrected chi connectivity index (χ3v) is 4.61. The summed E-state index contributed by atoms with van der Waals surface area (Å²) in [5.74, 6) is 0.242. The molecular weight excluding hydrogens is 298 g/mol. The first kappa shape index (κ1) is 13.3. The van der Waals surface area contributed by atoms with Gasteiger partial charge in [-0.25, -0.2) is 4.98 Å². The molecule has 0 spiro atoms. The zero-order valence-corrected chi connectivity index (χ0v) is 12.1. The summed E-state index contributed by atoms with van der Waals surface area (Å²) < 4.78 is 0. The zero-order chi connectivity index (χ0) is 14.1. The van der Waals surface area contributed by atoms with Gasteiger partial charge in [0.05, 0.1) is 11.0 Å². The van der Waals surface area contributed by atoms with Crippen LogP contribution in [0.2, 0.25) is 5.15 Å². The molecule has 1 aliphatic rings. The maximum atomic E-state index is 11.1. The molecule has 0 bridgehead atoms. The normalized spacial score (nSPS) is 17.6. The number of rotatable bonds is 3. The lowest BCUT2D eigenvalue weighted by Gasteiger charge is -2.24. The molecule has 0 amide bonds. The van der Waals surface area contributed by atoms with Crippen molar-refractivity contribution in [2.45, 2.75) is 25.3 Å². The quantitative estimate of drug-likeness (QED) is 0.524. The topological polar surface area (TPSA) is 68.1 Å². The second-order valence-corrected chi connectivity index (χ2v) is 6.04. The summed E-state index contributed by atoms with van der Waals surface area (Å²) in [6, 6.07) is 4.96. The van der Waals surface area contributed by atoms with E-state index in [4.69, 9.17) is 11.6 Å². The van der Waals surface area contributed by atoms with Gasteiger partial charge in [-0.2, -0.15) is 0 Å². The molecule has 3 rings (SSSR count). The van der Waals surface area contributed by atoms with Gasteiger partial charge in [0.15, 0.2) is 0 Å². The van der Waals surface area contributed by atoms with Crippen molar-refractivity contribution in [2.24, 2.45) is 0 Å². The molecule has 7 heteroatoms. The van der Waals surface area contributed by atoms with Crippen molar-refractivity contribution in [3.05, 3.63) is 49.3 Å². The van der Waals surface area contributed by atoms with Gasteiger partial charge in [-0.15, -0.1) is 11.3 Å². The Morgan fingerprint density at radius 2 is 2.30 bits per heavy atom. The van der Waals surface area contributed by atoms with Crippen molar-refractivity contribution in [1.82, 2.24) is 4.98 Å². The van der Waals surface area contributed by atoms with E-state index in [2.05, 4.69) is 21.7 Å². The summed E-state index contributed by atoms with van der Waals surface area (Å²) in [6.45, 7) is 0. The van der Waals surface area contributed by atoms with Gasteiger partial charge in [-0.1, -0.05) is 11.6 Å². The monoisotopic (exact) mass is 309 g/mol. The number of hydrogen-bond acceptors (Lipinski definition) is 5. The van der Waals surface area contributed by atoms with Crippen LogP contribution in [0.3, 0.4) is 0 Å². The highest BCUT2D eigenvalue weighted by Gasteiger charge is 2.24. The number of nitro groups is 1. The van der Waals surface area contributed by atoms with Gasteiger partial charge in [0.25, 0.3) is 0 Å². The Labute approximate surface area is 124 Å². The zero-order valence-electron chi connectivity index (χ0n) is 10.5. The van der Waals surface area contributed by atoms with Crippen LogP contribution in [-0.2, 0) is 6.42 Å². The van der Waals surface area contributed by atoms with E-state index in [0.717, 1.165) is 19.3 Å². The molecule has 2 aromatic rings. The third-order valence-electron chi connectivity index (χ3n) is 3.40. The van der Waals surface area contributed by atoms with Crippen molar-refractivity contribution < 1.29 is 4.92 Å². The van der Waals surface area contributed by atoms with Crippen LogP contribution in [-0.4, -0.2) is 9.91 Å². The van der Waals surface area contributed by atoms with Gasteiger partial charge in [0.1, 0.15) is 5.15 Å². The lowest BCUT2D eigenvalue weighted by atomic mass is 9.94. The summed E-state index contributed by atoms with van der Waals surface area (Å²) in [5.41, 5.74) is 1.18. The molecule has 0 aliphatic heterocycles. The van der Waals surface area contributed by atoms with Gasteiger partial charge in [0.2, 0.25) is 5.82 Å². The van der Waals surface area contributed by atoms with Crippen LogP contribution in [0.1, 0.15) is 29.3 Å². The maximum Gasteiger partial charge on any atom is 0.311 e. The molecule has 0 aromatic carbocycles. The van der Waals surface area contributed by atoms with E-state index < -0.39 is 4.92 Å². The van der Waals surface area contributed by atoms with Crippen LogP contribution in [0, 0.1) is 10.1 Å². The fourth-order valence-electron chi connectivity index (χ4n) is 2.48. The molecule has 0 saturated carbocycles. The van der Waals surface area contributed by atoms with E-state index in [9.17, 15) is 10.1 Å². The highest BCUT2D eigenvalue weighted by molar-refractivity contribution is 7.10. The molecule has 1 atom stereocenters. The predicted molar refractivity (Wildman–Crippen MR) is 79.5 cm³/mol. The van der Waals surface area contributed by atoms with E-state index in [1.807, 2.05) is 0 Å². The van der Waals surface area contributed by atoms with Crippen LogP contribution >= 0.6 is 22.9 Å². The fourth-order valence-corrected chi connectivity index (χ4v) is 3.62. The van der Waals surface area contributed by atoms with E-state index in [-0.39, 0.29) is 22.7 Å². The third kappa shape index (κ3) is 2.48. The second-order valence-electron chi connectivity index (χ2n) is 4.65. The number of halogens is 1. The number of nitrogens with zero attached hydrogens (tertiary/aromatic N) is 2. The highest BCUT2D eigenvalue weighted by Crippen LogP contribution is 2.37. The lowest BCUT2D eigenvalue weighted by Crippen LogP contribution is -2.17. The molecule has 1 unspecified atom stereocenters. The minimum atomic E-state index is -0.441. The SMILES string of the molecule is O=[N+]([O-])c1ccc(Cl)nc1NC1CCCc2sccc21. The Bertz CT molecular complexity index is 659. The molecule has 0 saturated heterocycles. The van der Waals surface area contributed by atoms with E-state index in [1.54, 1.807) is 11.3 Å². The van der Waals surface area contributed by atoms with Crippen LogP contribution in [0.5, 0.6) is 0 Å². The van der Waals surface area contributed by atoms with E-state index in [1.165, 1.54) is 22.6 Å². The first-order valence-electron chi connectivity index (χ1n) is 6.29. The smallest absolute Gasteiger partial charge is 0.311 e. The van der Waals surface area contributed by atoms with Crippen molar-refractivity contribution in [1.29, 1.82) is 0 Å². The molecule has 5 nitrogen and oxygen atoms in total. The number of thiophene rings is 1. The van der Waals surface area contributed by atoms with Crippen molar-refractivity contribution in [2.75, 3.05) is 5.32 Å². The summed E-state index contributed by atoms with van der Waals surface area (Å²) in [6.07, 6.45) is 3.09. The average molecular weight is 310 g/mol. The Morgan fingerprint density at radius 3 is 3.10 bits per heavy atom. The molecule has 20 heavy (non-hydrogen) atoms. The minimum Gasteiger partial charge on any atom is -0.357 e. The van der Waals surface area contributed by atoms with Crippen molar-refractivity contribution >= 4 is 34.4 Å². The predicted octanol–water partition coefficient (Wildman–Crippen LogP) is 4.19. The summed E-state index contributed by atoms with van der Waals surface area (Å²) >= 11 is 7.58. The van der Waals surface area contributed by atoms with Gasteiger partial charge in [0, 0.05) is 10.9 Å². The maximum absolute atomic E-state index is 11.1. The largest absolute Gasteiger partial charge is 0.357 e. The Morgan fingerprint density at radius 1 is 1.45 bits per heavy atom. The number of aryl methyl sites for hydroxylation is 1. The fraction of sp³-hybridized carbons (Fsp3) is 0.308. The van der Waals surface area contributed by atoms with Gasteiger partial charge in [-0.3, -0.25) is 10.1 Å². The Balaban J connectivity index is 1.93. The van der Waals surface area contributed by atoms with E-state index in [0.29, 0.717) is 0 Å². The molecule has 2 heterocycles. The molecule has 0 fully saturated rings. The Hall–Kier alpha value is -1.66. The van der Waals surface area contributed by atoms with Crippen molar-refractivity contribution in [3.63, 3.8) is 0 Å². The lowest BCUT2D eigenvalue weighted by molar-refractivity contribution is -0.384. The number of nitrogens with one attached hydrogen (secondary N) is 1. The average Bonchev–Trinajstić information content (AvgIpc) is 2.88. The minimum absolute atomic E-state index is 0.0447. The first-order valence-corrected chi connectivity index (χ1v) is 7.54. The molecular formula is C13H12ClN3O2S. The van der Waals surface area contributed by atoms with Gasteiger partial charge < -0.3 is 5.32 Å². The van der Waals surface area contributed by atoms with E-state index >= 15 is 0 Å². The van der Waals surface area contributed by atoms with Crippen LogP contribution in [0.4, 0.5) is 11.5 Å². The van der Waals surface area contributed by atoms with Crippen LogP contribution < -0.4 is 5.32 Å². The molecule has 1 N–H and O–H groups in total. The number of aromatic nitrogens is 1. The second kappa shape index (κ2) is 5.38. The Kier molecular flexibility index (Phi) is 3.58. The van der Waals surface area contributed by atoms with Gasteiger partial charge >= 0.3 is 5.69 Å². The standard InChI is InChI=1S/C13H12ClN3O2S/c14-12-5-4-10(17(18)19)13(16-12)15-9-2-1-3-11-8(9)6-7-20-11/h4-7,9H,1-3H2,(H,15,16). The number of hydrogen-bond donors (Lipinski definition) is 1. The molecule has 1 aliphatic carbocycles. The summed E-state index contributed by atoms with van der Waals surface area (Å²) in [5, 5.41) is 16.5. The summed E-state index contributed by atoms with van der Waals surface area (Å²) in [4.78, 5) is 16.0. The number of pyridine rings is 1. The number of fused-ring (bicyclic) bond motifs is 1. The number of anilines is 1. The summed E-state index contributed by atoms with van der Waals surface area (Å²) in [7, 11) is 0. The highest BCUT2D eigenvalue weighted by atomic mass is 35.5. The van der Waals surface area contributed by atoms with Gasteiger partial charge in [-0.05, 0) is 42.3 Å². The molecule has 2 aromatic heterocycles. The van der Waals surface area contributed by atoms with Crippen LogP contribution in [0.25, 0.3) is 0 Å². The first-order chi connectivity index (χ1) is 9.65. The van der Waals surface area contributed by atoms with Crippen LogP contribution in [0.15, 0.2) is 23.6 Å². The molecule has 0 radical (unpaired) electrons. The molecule has 104 valence electrons.